The molecule has 0 aliphatic heterocycles. The van der Waals surface area contributed by atoms with Gasteiger partial charge < -0.3 is 9.84 Å². The predicted molar refractivity (Wildman–Crippen MR) is 66.5 cm³/mol. The molecule has 0 saturated carbocycles. The Morgan fingerprint density at radius 3 is 2.69 bits per heavy atom. The smallest absolute Gasteiger partial charge is 0.257 e. The average molecular weight is 235 g/mol. The molecule has 2 aromatic rings. The van der Waals surface area contributed by atoms with Crippen LogP contribution in [0.2, 0.25) is 0 Å². The van der Waals surface area contributed by atoms with Crippen LogP contribution < -0.4 is 5.32 Å². The molecular formula is C11H13N3OS. The standard InChI is InChI=1S/C11H13N3OS/c1-12-9-5-3-8(4-6-9)11-13-10(7-16-2)14-15-11/h3-6,12H,7H2,1-2H3. The second kappa shape index (κ2) is 5.03. The molecule has 0 saturated heterocycles. The molecule has 84 valence electrons. The fourth-order valence-corrected chi connectivity index (χ4v) is 1.71. The van der Waals surface area contributed by atoms with E-state index in [9.17, 15) is 0 Å². The highest BCUT2D eigenvalue weighted by Gasteiger charge is 2.07. The van der Waals surface area contributed by atoms with E-state index in [-0.39, 0.29) is 0 Å². The van der Waals surface area contributed by atoms with Crippen molar-refractivity contribution in [3.63, 3.8) is 0 Å². The Morgan fingerprint density at radius 1 is 1.31 bits per heavy atom. The van der Waals surface area contributed by atoms with E-state index in [0.29, 0.717) is 5.89 Å². The lowest BCUT2D eigenvalue weighted by atomic mass is 10.2. The minimum absolute atomic E-state index is 0.576. The molecule has 2 rings (SSSR count). The Bertz CT molecular complexity index is 453. The van der Waals surface area contributed by atoms with E-state index in [1.54, 1.807) is 11.8 Å². The monoisotopic (exact) mass is 235 g/mol. The molecule has 0 aliphatic rings. The molecule has 0 unspecified atom stereocenters. The molecule has 16 heavy (non-hydrogen) atoms. The molecule has 1 aromatic heterocycles. The molecule has 0 fully saturated rings. The van der Waals surface area contributed by atoms with Crippen LogP contribution in [0.25, 0.3) is 11.5 Å². The number of nitrogens with one attached hydrogen (secondary N) is 1. The highest BCUT2D eigenvalue weighted by molar-refractivity contribution is 7.97. The van der Waals surface area contributed by atoms with Crippen LogP contribution >= 0.6 is 11.8 Å². The van der Waals surface area contributed by atoms with E-state index < -0.39 is 0 Å². The average Bonchev–Trinajstić information content (AvgIpc) is 2.78. The van der Waals surface area contributed by atoms with Crippen LogP contribution in [0, 0.1) is 0 Å². The van der Waals surface area contributed by atoms with Crippen LogP contribution in [0.15, 0.2) is 28.8 Å². The SMILES string of the molecule is CNc1ccc(-c2nc(CSC)no2)cc1. The Kier molecular flexibility index (Phi) is 3.46. The molecular weight excluding hydrogens is 222 g/mol. The third-order valence-corrected chi connectivity index (χ3v) is 2.71. The molecule has 0 spiro atoms. The van der Waals surface area contributed by atoms with Gasteiger partial charge in [-0.1, -0.05) is 5.16 Å². The zero-order valence-electron chi connectivity index (χ0n) is 9.23. The van der Waals surface area contributed by atoms with Gasteiger partial charge in [0.25, 0.3) is 5.89 Å². The maximum Gasteiger partial charge on any atom is 0.257 e. The van der Waals surface area contributed by atoms with Crippen molar-refractivity contribution in [2.75, 3.05) is 18.6 Å². The van der Waals surface area contributed by atoms with Gasteiger partial charge >= 0.3 is 0 Å². The highest BCUT2D eigenvalue weighted by Crippen LogP contribution is 2.20. The summed E-state index contributed by atoms with van der Waals surface area (Å²) in [5.41, 5.74) is 2.01. The highest BCUT2D eigenvalue weighted by atomic mass is 32.2. The van der Waals surface area contributed by atoms with Crippen molar-refractivity contribution in [2.45, 2.75) is 5.75 Å². The second-order valence-electron chi connectivity index (χ2n) is 3.28. The van der Waals surface area contributed by atoms with E-state index >= 15 is 0 Å². The summed E-state index contributed by atoms with van der Waals surface area (Å²) in [6.45, 7) is 0. The van der Waals surface area contributed by atoms with Gasteiger partial charge in [-0.15, -0.1) is 0 Å². The van der Waals surface area contributed by atoms with Crippen molar-refractivity contribution < 1.29 is 4.52 Å². The summed E-state index contributed by atoms with van der Waals surface area (Å²) in [5.74, 6) is 2.09. The molecule has 1 heterocycles. The van der Waals surface area contributed by atoms with Crippen LogP contribution in [0.5, 0.6) is 0 Å². The zero-order chi connectivity index (χ0) is 11.4. The van der Waals surface area contributed by atoms with Gasteiger partial charge in [-0.2, -0.15) is 16.7 Å². The second-order valence-corrected chi connectivity index (χ2v) is 4.14. The number of nitrogens with zero attached hydrogens (tertiary/aromatic N) is 2. The summed E-state index contributed by atoms with van der Waals surface area (Å²) in [5, 5.41) is 6.96. The van der Waals surface area contributed by atoms with E-state index in [4.69, 9.17) is 4.52 Å². The Hall–Kier alpha value is -1.49. The summed E-state index contributed by atoms with van der Waals surface area (Å²) >= 11 is 1.67. The Morgan fingerprint density at radius 2 is 2.06 bits per heavy atom. The molecule has 0 aliphatic carbocycles. The molecule has 5 heteroatoms. The van der Waals surface area contributed by atoms with Crippen molar-refractivity contribution >= 4 is 17.4 Å². The van der Waals surface area contributed by atoms with Crippen molar-refractivity contribution in [3.05, 3.63) is 30.1 Å². The molecule has 1 aromatic carbocycles. The first kappa shape index (κ1) is 11.0. The van der Waals surface area contributed by atoms with Crippen molar-refractivity contribution in [3.8, 4) is 11.5 Å². The lowest BCUT2D eigenvalue weighted by Crippen LogP contribution is -1.87. The maximum absolute atomic E-state index is 5.18. The minimum atomic E-state index is 0.576. The topological polar surface area (TPSA) is 51.0 Å². The van der Waals surface area contributed by atoms with Crippen LogP contribution in [0.3, 0.4) is 0 Å². The van der Waals surface area contributed by atoms with E-state index in [1.165, 1.54) is 0 Å². The zero-order valence-corrected chi connectivity index (χ0v) is 10.0. The van der Waals surface area contributed by atoms with Gasteiger partial charge in [0.05, 0.1) is 5.75 Å². The van der Waals surface area contributed by atoms with Gasteiger partial charge in [0, 0.05) is 18.3 Å². The summed E-state index contributed by atoms with van der Waals surface area (Å²) in [6, 6.07) is 7.88. The molecule has 0 atom stereocenters. The number of rotatable bonds is 4. The van der Waals surface area contributed by atoms with Crippen LogP contribution in [-0.4, -0.2) is 23.4 Å². The Labute approximate surface area is 98.4 Å². The van der Waals surface area contributed by atoms with Crippen LogP contribution in [-0.2, 0) is 5.75 Å². The van der Waals surface area contributed by atoms with Crippen LogP contribution in [0.1, 0.15) is 5.82 Å². The minimum Gasteiger partial charge on any atom is -0.388 e. The first-order valence-corrected chi connectivity index (χ1v) is 6.32. The maximum atomic E-state index is 5.18. The number of aromatic nitrogens is 2. The normalized spacial score (nSPS) is 10.4. The molecule has 0 radical (unpaired) electrons. The Balaban J connectivity index is 2.21. The largest absolute Gasteiger partial charge is 0.388 e. The molecule has 0 amide bonds. The predicted octanol–water partition coefficient (Wildman–Crippen LogP) is 2.64. The molecule has 0 bridgehead atoms. The summed E-state index contributed by atoms with van der Waals surface area (Å²) < 4.78 is 5.18. The molecule has 4 nitrogen and oxygen atoms in total. The first-order chi connectivity index (χ1) is 7.83. The summed E-state index contributed by atoms with van der Waals surface area (Å²) in [7, 11) is 1.89. The number of hydrogen-bond acceptors (Lipinski definition) is 5. The van der Waals surface area contributed by atoms with Gasteiger partial charge in [0.2, 0.25) is 0 Å². The van der Waals surface area contributed by atoms with Gasteiger partial charge in [-0.25, -0.2) is 0 Å². The fourth-order valence-electron chi connectivity index (χ4n) is 1.34. The van der Waals surface area contributed by atoms with Gasteiger partial charge in [0.1, 0.15) is 0 Å². The van der Waals surface area contributed by atoms with E-state index in [2.05, 4.69) is 15.5 Å². The summed E-state index contributed by atoms with van der Waals surface area (Å²) in [4.78, 5) is 4.31. The summed E-state index contributed by atoms with van der Waals surface area (Å²) in [6.07, 6.45) is 2.01. The lowest BCUT2D eigenvalue weighted by molar-refractivity contribution is 0.425. The number of thioether (sulfide) groups is 1. The van der Waals surface area contributed by atoms with Gasteiger partial charge in [-0.05, 0) is 30.5 Å². The number of benzene rings is 1. The van der Waals surface area contributed by atoms with E-state index in [1.807, 2.05) is 37.6 Å². The lowest BCUT2D eigenvalue weighted by Gasteiger charge is -1.99. The quantitative estimate of drug-likeness (QED) is 0.882. The van der Waals surface area contributed by atoms with Crippen molar-refractivity contribution in [1.29, 1.82) is 0 Å². The van der Waals surface area contributed by atoms with Crippen molar-refractivity contribution in [1.82, 2.24) is 10.1 Å². The first-order valence-electron chi connectivity index (χ1n) is 4.93. The number of anilines is 1. The number of hydrogen-bond donors (Lipinski definition) is 1. The van der Waals surface area contributed by atoms with Gasteiger partial charge in [0.15, 0.2) is 5.82 Å². The third kappa shape index (κ3) is 2.36. The van der Waals surface area contributed by atoms with Crippen LogP contribution in [0.4, 0.5) is 5.69 Å². The van der Waals surface area contributed by atoms with Gasteiger partial charge in [-0.3, -0.25) is 0 Å². The van der Waals surface area contributed by atoms with Crippen molar-refractivity contribution in [2.24, 2.45) is 0 Å². The van der Waals surface area contributed by atoms with E-state index in [0.717, 1.165) is 22.8 Å². The molecule has 1 N–H and O–H groups in total. The third-order valence-electron chi connectivity index (χ3n) is 2.16. The fraction of sp³-hybridized carbons (Fsp3) is 0.273.